The highest BCUT2D eigenvalue weighted by Crippen LogP contribution is 2.23. The number of nitrogens with zero attached hydrogens (tertiary/aromatic N) is 3. The van der Waals surface area contributed by atoms with E-state index in [-0.39, 0.29) is 5.91 Å². The fraction of sp³-hybridized carbons (Fsp3) is 0.280. The van der Waals surface area contributed by atoms with Gasteiger partial charge in [0, 0.05) is 38.3 Å². The molecule has 0 unspecified atom stereocenters. The summed E-state index contributed by atoms with van der Waals surface area (Å²) < 4.78 is 5.28. The Hall–Kier alpha value is -3.36. The Kier molecular flexibility index (Phi) is 5.97. The fourth-order valence-corrected chi connectivity index (χ4v) is 3.94. The fourth-order valence-electron chi connectivity index (χ4n) is 3.94. The number of carbonyl (C=O) groups excluding carboxylic acids is 1. The summed E-state index contributed by atoms with van der Waals surface area (Å²) in [5.41, 5.74) is 2.60. The van der Waals surface area contributed by atoms with E-state index >= 15 is 0 Å². The minimum absolute atomic E-state index is 0.0907. The van der Waals surface area contributed by atoms with E-state index in [4.69, 9.17) is 10.00 Å². The second kappa shape index (κ2) is 8.98. The van der Waals surface area contributed by atoms with Crippen molar-refractivity contribution in [2.24, 2.45) is 0 Å². The molecule has 0 aliphatic carbocycles. The second-order valence-corrected chi connectivity index (χ2v) is 7.66. The molecule has 0 aromatic heterocycles. The average molecular weight is 399 g/mol. The topological polar surface area (TPSA) is 56.6 Å². The van der Waals surface area contributed by atoms with Gasteiger partial charge >= 0.3 is 0 Å². The third kappa shape index (κ3) is 4.45. The van der Waals surface area contributed by atoms with Gasteiger partial charge in [-0.2, -0.15) is 5.26 Å². The molecule has 5 nitrogen and oxygen atoms in total. The van der Waals surface area contributed by atoms with Crippen LogP contribution in [0.1, 0.15) is 27.9 Å². The maximum Gasteiger partial charge on any atom is 0.253 e. The Morgan fingerprint density at radius 2 is 1.73 bits per heavy atom. The molecule has 1 aliphatic heterocycles. The number of hydrogen-bond donors (Lipinski definition) is 0. The van der Waals surface area contributed by atoms with E-state index < -0.39 is 0 Å². The molecule has 152 valence electrons. The lowest BCUT2D eigenvalue weighted by Crippen LogP contribution is -2.35. The van der Waals surface area contributed by atoms with Gasteiger partial charge in [0.1, 0.15) is 5.75 Å². The quantitative estimate of drug-likeness (QED) is 0.664. The summed E-state index contributed by atoms with van der Waals surface area (Å²) in [6, 6.07) is 21.7. The summed E-state index contributed by atoms with van der Waals surface area (Å²) in [5.74, 6) is 0.907. The number of methoxy groups -OCH3 is 1. The summed E-state index contributed by atoms with van der Waals surface area (Å²) in [6.45, 7) is 4.13. The van der Waals surface area contributed by atoms with Crippen LogP contribution in [0.25, 0.3) is 10.8 Å². The lowest BCUT2D eigenvalue weighted by Gasteiger charge is -2.22. The van der Waals surface area contributed by atoms with Crippen molar-refractivity contribution < 1.29 is 9.53 Å². The average Bonchev–Trinajstić information content (AvgIpc) is 3.04. The third-order valence-corrected chi connectivity index (χ3v) is 5.66. The van der Waals surface area contributed by atoms with Crippen molar-refractivity contribution in [1.29, 1.82) is 5.26 Å². The first kappa shape index (κ1) is 19.9. The van der Waals surface area contributed by atoms with Crippen molar-refractivity contribution in [3.8, 4) is 11.8 Å². The van der Waals surface area contributed by atoms with Crippen molar-refractivity contribution in [3.63, 3.8) is 0 Å². The number of benzene rings is 3. The zero-order valence-corrected chi connectivity index (χ0v) is 17.2. The zero-order chi connectivity index (χ0) is 20.9. The van der Waals surface area contributed by atoms with E-state index in [0.29, 0.717) is 5.56 Å². The van der Waals surface area contributed by atoms with Crippen LogP contribution in [0.4, 0.5) is 0 Å². The van der Waals surface area contributed by atoms with Crippen LogP contribution in [0, 0.1) is 11.3 Å². The molecule has 5 heteroatoms. The van der Waals surface area contributed by atoms with Gasteiger partial charge in [0.2, 0.25) is 0 Å². The maximum absolute atomic E-state index is 13.1. The minimum atomic E-state index is 0.0907. The third-order valence-electron chi connectivity index (χ3n) is 5.66. The van der Waals surface area contributed by atoms with Crippen molar-refractivity contribution in [2.75, 3.05) is 33.3 Å². The molecule has 0 saturated carbocycles. The van der Waals surface area contributed by atoms with E-state index in [2.05, 4.69) is 11.0 Å². The van der Waals surface area contributed by atoms with Crippen molar-refractivity contribution >= 4 is 16.7 Å². The second-order valence-electron chi connectivity index (χ2n) is 7.66. The van der Waals surface area contributed by atoms with E-state index in [1.165, 1.54) is 5.56 Å². The van der Waals surface area contributed by atoms with Crippen molar-refractivity contribution in [3.05, 3.63) is 77.4 Å². The highest BCUT2D eigenvalue weighted by Gasteiger charge is 2.20. The molecule has 0 bridgehead atoms. The Labute approximate surface area is 177 Å². The summed E-state index contributed by atoms with van der Waals surface area (Å²) in [7, 11) is 1.66. The Morgan fingerprint density at radius 1 is 0.967 bits per heavy atom. The first-order valence-electron chi connectivity index (χ1n) is 10.2. The monoisotopic (exact) mass is 399 g/mol. The van der Waals surface area contributed by atoms with Crippen LogP contribution in [0.3, 0.4) is 0 Å². The van der Waals surface area contributed by atoms with E-state index in [9.17, 15) is 4.79 Å². The lowest BCUT2D eigenvalue weighted by molar-refractivity contribution is 0.0761. The molecule has 4 rings (SSSR count). The predicted molar refractivity (Wildman–Crippen MR) is 117 cm³/mol. The predicted octanol–water partition coefficient (Wildman–Crippen LogP) is 4.07. The lowest BCUT2D eigenvalue weighted by atomic mass is 10.1. The normalized spacial score (nSPS) is 14.9. The summed E-state index contributed by atoms with van der Waals surface area (Å²) >= 11 is 0. The minimum Gasteiger partial charge on any atom is -0.497 e. The summed E-state index contributed by atoms with van der Waals surface area (Å²) in [4.78, 5) is 17.4. The number of hydrogen-bond acceptors (Lipinski definition) is 4. The van der Waals surface area contributed by atoms with Crippen LogP contribution in [0.15, 0.2) is 60.7 Å². The molecule has 0 radical (unpaired) electrons. The van der Waals surface area contributed by atoms with Gasteiger partial charge in [-0.15, -0.1) is 0 Å². The van der Waals surface area contributed by atoms with Gasteiger partial charge in [0.25, 0.3) is 5.91 Å². The van der Waals surface area contributed by atoms with Gasteiger partial charge in [-0.1, -0.05) is 24.3 Å². The molecule has 1 heterocycles. The van der Waals surface area contributed by atoms with Crippen molar-refractivity contribution in [2.45, 2.75) is 13.0 Å². The number of nitriles is 1. The summed E-state index contributed by atoms with van der Waals surface area (Å²) in [6.07, 6.45) is 0.951. The highest BCUT2D eigenvalue weighted by molar-refractivity contribution is 5.98. The molecule has 0 N–H and O–H groups in total. The van der Waals surface area contributed by atoms with Crippen LogP contribution in [0.5, 0.6) is 5.75 Å². The first-order valence-corrected chi connectivity index (χ1v) is 10.2. The largest absolute Gasteiger partial charge is 0.497 e. The molecule has 1 saturated heterocycles. The molecule has 0 spiro atoms. The smallest absolute Gasteiger partial charge is 0.253 e. The Bertz CT molecular complexity index is 1090. The van der Waals surface area contributed by atoms with Crippen LogP contribution < -0.4 is 4.74 Å². The van der Waals surface area contributed by atoms with Crippen molar-refractivity contribution in [1.82, 2.24) is 9.80 Å². The van der Waals surface area contributed by atoms with Crippen LogP contribution >= 0.6 is 0 Å². The van der Waals surface area contributed by atoms with Crippen LogP contribution in [0.2, 0.25) is 0 Å². The summed E-state index contributed by atoms with van der Waals surface area (Å²) in [5, 5.41) is 11.0. The van der Waals surface area contributed by atoms with Crippen LogP contribution in [-0.4, -0.2) is 49.0 Å². The molecule has 30 heavy (non-hydrogen) atoms. The Morgan fingerprint density at radius 3 is 2.50 bits per heavy atom. The SMILES string of the molecule is COc1ccc2cc(C(=O)N3CCCN(Cc4ccc(C#N)cc4)CC3)ccc2c1. The number of rotatable bonds is 4. The van der Waals surface area contributed by atoms with Gasteiger partial charge in [-0.25, -0.2) is 0 Å². The van der Waals surface area contributed by atoms with Gasteiger partial charge in [0.05, 0.1) is 18.7 Å². The number of carbonyl (C=O) groups is 1. The van der Waals surface area contributed by atoms with Crippen LogP contribution in [-0.2, 0) is 6.54 Å². The highest BCUT2D eigenvalue weighted by atomic mass is 16.5. The molecule has 3 aromatic carbocycles. The van der Waals surface area contributed by atoms with Gasteiger partial charge in [0.15, 0.2) is 0 Å². The molecular formula is C25H25N3O2. The molecular weight excluding hydrogens is 374 g/mol. The molecule has 1 fully saturated rings. The van der Waals surface area contributed by atoms with E-state index in [1.54, 1.807) is 7.11 Å². The van der Waals surface area contributed by atoms with E-state index in [1.807, 2.05) is 65.6 Å². The number of fused-ring (bicyclic) bond motifs is 1. The molecule has 1 amide bonds. The maximum atomic E-state index is 13.1. The standard InChI is InChI=1S/C25H25N3O2/c1-30-24-10-9-21-15-23(8-7-22(21)16-24)25(29)28-12-2-11-27(13-14-28)18-20-5-3-19(17-26)4-6-20/h3-10,15-16H,2,11-14,18H2,1H3. The molecule has 1 aliphatic rings. The Balaban J connectivity index is 1.41. The van der Waals surface area contributed by atoms with Gasteiger partial charge in [-0.3, -0.25) is 9.69 Å². The van der Waals surface area contributed by atoms with Gasteiger partial charge in [-0.05, 0) is 59.2 Å². The van der Waals surface area contributed by atoms with Gasteiger partial charge < -0.3 is 9.64 Å². The number of ether oxygens (including phenoxy) is 1. The molecule has 3 aromatic rings. The molecule has 0 atom stereocenters. The zero-order valence-electron chi connectivity index (χ0n) is 17.2. The van der Waals surface area contributed by atoms with E-state index in [0.717, 1.165) is 61.2 Å². The first-order chi connectivity index (χ1) is 14.7. The number of amides is 1.